The molecular weight excluding hydrogens is 276 g/mol. The number of aromatic nitrogens is 1. The van der Waals surface area contributed by atoms with Gasteiger partial charge in [0.15, 0.2) is 12.2 Å². The van der Waals surface area contributed by atoms with E-state index in [1.54, 1.807) is 6.20 Å². The van der Waals surface area contributed by atoms with Crippen LogP contribution in [0.15, 0.2) is 35.2 Å². The van der Waals surface area contributed by atoms with Crippen LogP contribution >= 0.6 is 0 Å². The largest absolute Gasteiger partial charge is 0.492 e. The van der Waals surface area contributed by atoms with E-state index in [0.29, 0.717) is 5.92 Å². The first kappa shape index (κ1) is 15.1. The summed E-state index contributed by atoms with van der Waals surface area (Å²) >= 11 is 0. The van der Waals surface area contributed by atoms with Gasteiger partial charge in [-0.25, -0.2) is 4.98 Å². The van der Waals surface area contributed by atoms with Crippen LogP contribution in [0.3, 0.4) is 0 Å². The molecule has 3 rings (SSSR count). The van der Waals surface area contributed by atoms with Gasteiger partial charge in [-0.2, -0.15) is 0 Å². The fraction of sp³-hybridized carbons (Fsp3) is 0.500. The molecule has 0 bridgehead atoms. The lowest BCUT2D eigenvalue weighted by atomic mass is 9.89. The van der Waals surface area contributed by atoms with Gasteiger partial charge >= 0.3 is 0 Å². The van der Waals surface area contributed by atoms with Crippen LogP contribution in [0, 0.1) is 0 Å². The second-order valence-corrected chi connectivity index (χ2v) is 6.98. The van der Waals surface area contributed by atoms with E-state index >= 15 is 0 Å². The van der Waals surface area contributed by atoms with Gasteiger partial charge in [0.05, 0.1) is 18.4 Å². The molecule has 0 saturated heterocycles. The van der Waals surface area contributed by atoms with Crippen molar-refractivity contribution in [3.05, 3.63) is 36.4 Å². The van der Waals surface area contributed by atoms with Crippen LogP contribution in [0.4, 0.5) is 0 Å². The molecule has 0 aliphatic carbocycles. The fourth-order valence-electron chi connectivity index (χ4n) is 2.83. The van der Waals surface area contributed by atoms with Crippen molar-refractivity contribution in [1.29, 1.82) is 0 Å². The minimum Gasteiger partial charge on any atom is -0.492 e. The van der Waals surface area contributed by atoms with E-state index in [0.717, 1.165) is 36.6 Å². The molecule has 0 fully saturated rings. The molecule has 0 unspecified atom stereocenters. The second-order valence-electron chi connectivity index (χ2n) is 6.98. The molecule has 1 aliphatic heterocycles. The Bertz CT molecular complexity index is 629. The highest BCUT2D eigenvalue weighted by atomic mass is 16.5. The Balaban J connectivity index is 1.93. The molecule has 2 aromatic rings. The number of benzene rings is 1. The number of nitrogens with zero attached hydrogens (tertiary/aromatic N) is 2. The molecule has 0 amide bonds. The Morgan fingerprint density at radius 3 is 2.82 bits per heavy atom. The number of hydrogen-bond donors (Lipinski definition) is 0. The number of likely N-dealkylation sites (N-methyl/N-ethyl adjacent to an activating group) is 1. The van der Waals surface area contributed by atoms with Gasteiger partial charge in [-0.3, -0.25) is 0 Å². The number of rotatable bonds is 3. The van der Waals surface area contributed by atoms with Crippen molar-refractivity contribution in [2.24, 2.45) is 0 Å². The number of oxazole rings is 1. The zero-order valence-corrected chi connectivity index (χ0v) is 13.8. The Morgan fingerprint density at radius 2 is 2.14 bits per heavy atom. The van der Waals surface area contributed by atoms with Crippen molar-refractivity contribution in [3.8, 4) is 17.1 Å². The summed E-state index contributed by atoms with van der Waals surface area (Å²) in [6.07, 6.45) is 4.25. The van der Waals surface area contributed by atoms with Gasteiger partial charge in [0, 0.05) is 18.0 Å². The maximum atomic E-state index is 5.97. The summed E-state index contributed by atoms with van der Waals surface area (Å²) < 4.78 is 11.4. The van der Waals surface area contributed by atoms with Crippen molar-refractivity contribution in [1.82, 2.24) is 9.88 Å². The summed E-state index contributed by atoms with van der Waals surface area (Å²) in [5.74, 6) is 2.20. The first-order chi connectivity index (χ1) is 10.5. The second kappa shape index (κ2) is 5.76. The quantitative estimate of drug-likeness (QED) is 0.860. The molecule has 1 atom stereocenters. The molecule has 1 aromatic heterocycles. The monoisotopic (exact) mass is 300 g/mol. The third-order valence-corrected chi connectivity index (χ3v) is 4.54. The lowest BCUT2D eigenvalue weighted by Gasteiger charge is -2.37. The number of hydrogen-bond acceptors (Lipinski definition) is 4. The standard InChI is InChI=1S/C18H24N2O2/c1-18(2,3)20(4)11-13-8-9-21-17-14(13)6-5-7-15(17)16-10-19-12-22-16/h5-7,10,12-13H,8-9,11H2,1-4H3/t13-/m0/s1. The van der Waals surface area contributed by atoms with E-state index in [-0.39, 0.29) is 5.54 Å². The molecule has 1 aromatic carbocycles. The molecule has 22 heavy (non-hydrogen) atoms. The van der Waals surface area contributed by atoms with Gasteiger partial charge in [0.25, 0.3) is 0 Å². The van der Waals surface area contributed by atoms with E-state index in [1.807, 2.05) is 6.07 Å². The average Bonchev–Trinajstić information content (AvgIpc) is 3.00. The highest BCUT2D eigenvalue weighted by molar-refractivity contribution is 5.68. The van der Waals surface area contributed by atoms with Gasteiger partial charge in [0.2, 0.25) is 0 Å². The SMILES string of the molecule is CN(C[C@@H]1CCOc2c(-c3cnco3)cccc21)C(C)(C)C. The van der Waals surface area contributed by atoms with Gasteiger partial charge in [0.1, 0.15) is 5.75 Å². The summed E-state index contributed by atoms with van der Waals surface area (Å²) in [5, 5.41) is 0. The normalized spacial score (nSPS) is 18.1. The Hall–Kier alpha value is -1.81. The molecule has 4 heteroatoms. The Labute approximate surface area is 132 Å². The predicted molar refractivity (Wildman–Crippen MR) is 87.2 cm³/mol. The molecule has 2 heterocycles. The number of fused-ring (bicyclic) bond motifs is 1. The highest BCUT2D eigenvalue weighted by Gasteiger charge is 2.28. The molecular formula is C18H24N2O2. The van der Waals surface area contributed by atoms with Crippen molar-refractivity contribution < 1.29 is 9.15 Å². The van der Waals surface area contributed by atoms with Gasteiger partial charge in [-0.15, -0.1) is 0 Å². The molecule has 0 spiro atoms. The zero-order chi connectivity index (χ0) is 15.7. The van der Waals surface area contributed by atoms with Crippen LogP contribution in [0.25, 0.3) is 11.3 Å². The first-order valence-electron chi connectivity index (χ1n) is 7.82. The number of para-hydroxylation sites is 1. The smallest absolute Gasteiger partial charge is 0.181 e. The van der Waals surface area contributed by atoms with Crippen LogP contribution in [-0.4, -0.2) is 35.6 Å². The summed E-state index contributed by atoms with van der Waals surface area (Å²) in [6, 6.07) is 6.29. The maximum absolute atomic E-state index is 5.97. The van der Waals surface area contributed by atoms with E-state index in [9.17, 15) is 0 Å². The molecule has 0 radical (unpaired) electrons. The minimum absolute atomic E-state index is 0.168. The van der Waals surface area contributed by atoms with Crippen molar-refractivity contribution in [2.45, 2.75) is 38.6 Å². The van der Waals surface area contributed by atoms with Crippen LogP contribution in [0.1, 0.15) is 38.7 Å². The zero-order valence-electron chi connectivity index (χ0n) is 13.8. The molecule has 0 saturated carbocycles. The first-order valence-corrected chi connectivity index (χ1v) is 7.82. The molecule has 0 N–H and O–H groups in total. The van der Waals surface area contributed by atoms with Crippen LogP contribution in [0.5, 0.6) is 5.75 Å². The average molecular weight is 300 g/mol. The molecule has 118 valence electrons. The summed E-state index contributed by atoms with van der Waals surface area (Å²) in [4.78, 5) is 6.43. The topological polar surface area (TPSA) is 38.5 Å². The van der Waals surface area contributed by atoms with E-state index in [4.69, 9.17) is 9.15 Å². The van der Waals surface area contributed by atoms with Crippen molar-refractivity contribution in [2.75, 3.05) is 20.2 Å². The minimum atomic E-state index is 0.168. The lowest BCUT2D eigenvalue weighted by Crippen LogP contribution is -2.41. The summed E-state index contributed by atoms with van der Waals surface area (Å²) in [5.41, 5.74) is 2.44. The molecule has 1 aliphatic rings. The van der Waals surface area contributed by atoms with Gasteiger partial charge in [-0.1, -0.05) is 12.1 Å². The third kappa shape index (κ3) is 2.88. The van der Waals surface area contributed by atoms with E-state index in [2.05, 4.69) is 49.8 Å². The molecule has 4 nitrogen and oxygen atoms in total. The fourth-order valence-corrected chi connectivity index (χ4v) is 2.83. The Kier molecular flexibility index (Phi) is 3.96. The number of ether oxygens (including phenoxy) is 1. The van der Waals surface area contributed by atoms with Crippen LogP contribution in [0.2, 0.25) is 0 Å². The van der Waals surface area contributed by atoms with E-state index in [1.165, 1.54) is 12.0 Å². The van der Waals surface area contributed by atoms with Gasteiger partial charge in [-0.05, 0) is 45.9 Å². The summed E-state index contributed by atoms with van der Waals surface area (Å²) in [7, 11) is 2.19. The summed E-state index contributed by atoms with van der Waals surface area (Å²) in [6.45, 7) is 8.52. The van der Waals surface area contributed by atoms with Crippen LogP contribution in [-0.2, 0) is 0 Å². The van der Waals surface area contributed by atoms with Crippen molar-refractivity contribution >= 4 is 0 Å². The van der Waals surface area contributed by atoms with E-state index < -0.39 is 0 Å². The van der Waals surface area contributed by atoms with Crippen LogP contribution < -0.4 is 4.74 Å². The Morgan fingerprint density at radius 1 is 1.32 bits per heavy atom. The maximum Gasteiger partial charge on any atom is 0.181 e. The predicted octanol–water partition coefficient (Wildman–Crippen LogP) is 3.94. The van der Waals surface area contributed by atoms with Crippen molar-refractivity contribution in [3.63, 3.8) is 0 Å². The highest BCUT2D eigenvalue weighted by Crippen LogP contribution is 2.41. The lowest BCUT2D eigenvalue weighted by molar-refractivity contribution is 0.149. The van der Waals surface area contributed by atoms with Gasteiger partial charge < -0.3 is 14.1 Å². The third-order valence-electron chi connectivity index (χ3n) is 4.54.